The summed E-state index contributed by atoms with van der Waals surface area (Å²) in [5.41, 5.74) is 6.43. The highest BCUT2D eigenvalue weighted by Gasteiger charge is 2.34. The highest BCUT2D eigenvalue weighted by molar-refractivity contribution is 5.85. The summed E-state index contributed by atoms with van der Waals surface area (Å²) in [6, 6.07) is 6.26. The van der Waals surface area contributed by atoms with Crippen LogP contribution < -0.4 is 11.1 Å². The first-order valence-electron chi connectivity index (χ1n) is 7.33. The smallest absolute Gasteiger partial charge is 0.236 e. The molecule has 0 bridgehead atoms. The Hall–Kier alpha value is -1.13. The number of amides is 1. The van der Waals surface area contributed by atoms with Gasteiger partial charge in [0.05, 0.1) is 6.04 Å². The molecule has 1 aliphatic rings. The molecule has 0 spiro atoms. The molecule has 118 valence electrons. The standard InChI is InChI=1S/C16H23FN2O.ClH/c1-12(18)15(20)19-11-16(8-3-2-4-9-16)13-6-5-7-14(17)10-13;/h5-7,10,12H,2-4,8-9,11,18H2,1H3,(H,19,20);1H/t12-;/m1./s1. The molecule has 1 aliphatic carbocycles. The number of hydrogen-bond acceptors (Lipinski definition) is 2. The fourth-order valence-corrected chi connectivity index (χ4v) is 3.03. The lowest BCUT2D eigenvalue weighted by molar-refractivity contribution is -0.122. The molecule has 1 amide bonds. The van der Waals surface area contributed by atoms with Gasteiger partial charge in [-0.05, 0) is 37.5 Å². The molecule has 0 saturated heterocycles. The van der Waals surface area contributed by atoms with Crippen molar-refractivity contribution in [3.63, 3.8) is 0 Å². The molecule has 3 N–H and O–H groups in total. The Labute approximate surface area is 131 Å². The quantitative estimate of drug-likeness (QED) is 0.898. The fraction of sp³-hybridized carbons (Fsp3) is 0.562. The Kier molecular flexibility index (Phi) is 6.62. The van der Waals surface area contributed by atoms with E-state index in [1.54, 1.807) is 19.1 Å². The van der Waals surface area contributed by atoms with E-state index in [0.717, 1.165) is 31.2 Å². The average molecular weight is 315 g/mol. The third-order valence-corrected chi connectivity index (χ3v) is 4.26. The van der Waals surface area contributed by atoms with Crippen molar-refractivity contribution in [3.05, 3.63) is 35.6 Å². The van der Waals surface area contributed by atoms with Crippen molar-refractivity contribution in [2.75, 3.05) is 6.54 Å². The largest absolute Gasteiger partial charge is 0.354 e. The van der Waals surface area contributed by atoms with E-state index in [0.29, 0.717) is 6.54 Å². The Balaban J connectivity index is 0.00000220. The summed E-state index contributed by atoms with van der Waals surface area (Å²) in [6.07, 6.45) is 5.40. The van der Waals surface area contributed by atoms with Crippen LogP contribution in [0.4, 0.5) is 4.39 Å². The summed E-state index contributed by atoms with van der Waals surface area (Å²) in [6.45, 7) is 2.21. The zero-order valence-electron chi connectivity index (χ0n) is 12.4. The number of nitrogens with two attached hydrogens (primary N) is 1. The second-order valence-corrected chi connectivity index (χ2v) is 5.86. The van der Waals surface area contributed by atoms with Gasteiger partial charge in [0, 0.05) is 12.0 Å². The maximum atomic E-state index is 13.5. The van der Waals surface area contributed by atoms with Crippen molar-refractivity contribution >= 4 is 18.3 Å². The first-order valence-corrected chi connectivity index (χ1v) is 7.33. The van der Waals surface area contributed by atoms with Crippen LogP contribution in [0.15, 0.2) is 24.3 Å². The van der Waals surface area contributed by atoms with Crippen LogP contribution in [-0.4, -0.2) is 18.5 Å². The molecule has 1 saturated carbocycles. The molecule has 1 fully saturated rings. The monoisotopic (exact) mass is 314 g/mol. The summed E-state index contributed by atoms with van der Waals surface area (Å²) in [5.74, 6) is -0.364. The zero-order chi connectivity index (χ0) is 14.6. The molecular weight excluding hydrogens is 291 g/mol. The third kappa shape index (κ3) is 4.42. The summed E-state index contributed by atoms with van der Waals surface area (Å²) in [7, 11) is 0. The Morgan fingerprint density at radius 1 is 1.38 bits per heavy atom. The molecule has 1 aromatic rings. The lowest BCUT2D eigenvalue weighted by Gasteiger charge is -2.38. The van der Waals surface area contributed by atoms with Gasteiger partial charge in [0.25, 0.3) is 0 Å². The van der Waals surface area contributed by atoms with Gasteiger partial charge in [0.1, 0.15) is 5.82 Å². The first kappa shape index (κ1) is 17.9. The van der Waals surface area contributed by atoms with Crippen LogP contribution in [0.3, 0.4) is 0 Å². The molecule has 5 heteroatoms. The lowest BCUT2D eigenvalue weighted by atomic mass is 9.69. The molecule has 1 aromatic carbocycles. The molecule has 0 aromatic heterocycles. The summed E-state index contributed by atoms with van der Waals surface area (Å²) in [5, 5.41) is 2.92. The first-order chi connectivity index (χ1) is 9.53. The van der Waals surface area contributed by atoms with E-state index in [4.69, 9.17) is 5.73 Å². The predicted molar refractivity (Wildman–Crippen MR) is 85.1 cm³/mol. The second kappa shape index (κ2) is 7.76. The molecule has 0 unspecified atom stereocenters. The predicted octanol–water partition coefficient (Wildman–Crippen LogP) is 2.91. The second-order valence-electron chi connectivity index (χ2n) is 5.86. The molecule has 3 nitrogen and oxygen atoms in total. The highest BCUT2D eigenvalue weighted by Crippen LogP contribution is 2.39. The summed E-state index contributed by atoms with van der Waals surface area (Å²) >= 11 is 0. The molecule has 1 atom stereocenters. The van der Waals surface area contributed by atoms with E-state index >= 15 is 0 Å². The van der Waals surface area contributed by atoms with Gasteiger partial charge in [0.15, 0.2) is 0 Å². The highest BCUT2D eigenvalue weighted by atomic mass is 35.5. The van der Waals surface area contributed by atoms with Crippen LogP contribution in [0.5, 0.6) is 0 Å². The van der Waals surface area contributed by atoms with Crippen LogP contribution in [-0.2, 0) is 10.2 Å². The minimum absolute atomic E-state index is 0. The molecule has 0 heterocycles. The SMILES string of the molecule is C[C@@H](N)C(=O)NCC1(c2cccc(F)c2)CCCCC1.Cl. The number of halogens is 2. The van der Waals surface area contributed by atoms with E-state index in [-0.39, 0.29) is 29.5 Å². The van der Waals surface area contributed by atoms with Crippen molar-refractivity contribution in [1.82, 2.24) is 5.32 Å². The van der Waals surface area contributed by atoms with Crippen LogP contribution in [0.25, 0.3) is 0 Å². The van der Waals surface area contributed by atoms with Crippen LogP contribution in [0, 0.1) is 5.82 Å². The fourth-order valence-electron chi connectivity index (χ4n) is 3.03. The van der Waals surface area contributed by atoms with Gasteiger partial charge in [0.2, 0.25) is 5.91 Å². The van der Waals surface area contributed by atoms with E-state index in [1.807, 2.05) is 6.07 Å². The van der Waals surface area contributed by atoms with Crippen LogP contribution >= 0.6 is 12.4 Å². The van der Waals surface area contributed by atoms with Crippen molar-refractivity contribution in [3.8, 4) is 0 Å². The number of benzene rings is 1. The van der Waals surface area contributed by atoms with Crippen LogP contribution in [0.2, 0.25) is 0 Å². The number of rotatable bonds is 4. The number of carbonyl (C=O) groups is 1. The van der Waals surface area contributed by atoms with Gasteiger partial charge in [-0.2, -0.15) is 0 Å². The molecule has 0 radical (unpaired) electrons. The number of hydrogen-bond donors (Lipinski definition) is 2. The van der Waals surface area contributed by atoms with Gasteiger partial charge in [-0.25, -0.2) is 4.39 Å². The minimum Gasteiger partial charge on any atom is -0.354 e. The number of carbonyl (C=O) groups excluding carboxylic acids is 1. The Bertz CT molecular complexity index is 473. The maximum Gasteiger partial charge on any atom is 0.236 e. The average Bonchev–Trinajstić information content (AvgIpc) is 2.45. The molecule has 2 rings (SSSR count). The summed E-state index contributed by atoms with van der Waals surface area (Å²) in [4.78, 5) is 11.7. The molecule has 21 heavy (non-hydrogen) atoms. The van der Waals surface area contributed by atoms with Gasteiger partial charge in [-0.1, -0.05) is 31.4 Å². The van der Waals surface area contributed by atoms with Gasteiger partial charge >= 0.3 is 0 Å². The maximum absolute atomic E-state index is 13.5. The zero-order valence-corrected chi connectivity index (χ0v) is 13.2. The van der Waals surface area contributed by atoms with Gasteiger partial charge in [-0.15, -0.1) is 12.4 Å². The lowest BCUT2D eigenvalue weighted by Crippen LogP contribution is -2.46. The van der Waals surface area contributed by atoms with E-state index in [1.165, 1.54) is 12.5 Å². The van der Waals surface area contributed by atoms with E-state index in [2.05, 4.69) is 5.32 Å². The van der Waals surface area contributed by atoms with E-state index < -0.39 is 6.04 Å². The molecular formula is C16H24ClFN2O. The van der Waals surface area contributed by atoms with Crippen molar-refractivity contribution < 1.29 is 9.18 Å². The minimum atomic E-state index is -0.511. The van der Waals surface area contributed by atoms with Crippen molar-refractivity contribution in [2.45, 2.75) is 50.5 Å². The number of nitrogens with one attached hydrogen (secondary N) is 1. The normalized spacial score (nSPS) is 18.4. The summed E-state index contributed by atoms with van der Waals surface area (Å²) < 4.78 is 13.5. The van der Waals surface area contributed by atoms with E-state index in [9.17, 15) is 9.18 Å². The topological polar surface area (TPSA) is 55.1 Å². The molecule has 0 aliphatic heterocycles. The Morgan fingerprint density at radius 3 is 2.62 bits per heavy atom. The third-order valence-electron chi connectivity index (χ3n) is 4.26. The van der Waals surface area contributed by atoms with Crippen LogP contribution in [0.1, 0.15) is 44.6 Å². The van der Waals surface area contributed by atoms with Crippen molar-refractivity contribution in [2.24, 2.45) is 5.73 Å². The van der Waals surface area contributed by atoms with Crippen molar-refractivity contribution in [1.29, 1.82) is 0 Å². The van der Waals surface area contributed by atoms with Gasteiger partial charge < -0.3 is 11.1 Å². The van der Waals surface area contributed by atoms with Gasteiger partial charge in [-0.3, -0.25) is 4.79 Å². The Morgan fingerprint density at radius 2 is 2.05 bits per heavy atom.